The Bertz CT molecular complexity index is 598. The van der Waals surface area contributed by atoms with Gasteiger partial charge in [-0.15, -0.1) is 0 Å². The van der Waals surface area contributed by atoms with Gasteiger partial charge in [-0.25, -0.2) is 8.42 Å². The van der Waals surface area contributed by atoms with Crippen LogP contribution in [0.15, 0.2) is 18.2 Å². The van der Waals surface area contributed by atoms with E-state index in [1.165, 1.54) is 4.90 Å². The average molecular weight is 284 g/mol. The summed E-state index contributed by atoms with van der Waals surface area (Å²) in [6.45, 7) is 1.63. The Labute approximate surface area is 112 Å². The Morgan fingerprint density at radius 1 is 1.42 bits per heavy atom. The van der Waals surface area contributed by atoms with Crippen molar-refractivity contribution in [3.63, 3.8) is 0 Å². The van der Waals surface area contributed by atoms with Crippen molar-refractivity contribution in [2.75, 3.05) is 35.3 Å². The van der Waals surface area contributed by atoms with Crippen LogP contribution in [0.4, 0.5) is 11.4 Å². The van der Waals surface area contributed by atoms with Crippen LogP contribution in [0.1, 0.15) is 6.92 Å². The molecule has 1 aliphatic heterocycles. The molecule has 7 heteroatoms. The number of hydrogen-bond donors (Lipinski definition) is 1. The standard InChI is InChI=1S/C12H16N2O4S/c1-2-19(16,17)6-5-14-10-7-9(13)3-4-11(10)18-8-12(14)15/h3-4,7H,2,5-6,8,13H2,1H3. The fourth-order valence-electron chi connectivity index (χ4n) is 1.84. The number of rotatable bonds is 4. The minimum absolute atomic E-state index is 0.0648. The van der Waals surface area contributed by atoms with Crippen molar-refractivity contribution in [3.8, 4) is 5.75 Å². The van der Waals surface area contributed by atoms with Gasteiger partial charge in [-0.3, -0.25) is 4.79 Å². The predicted octanol–water partition coefficient (Wildman–Crippen LogP) is 0.429. The Kier molecular flexibility index (Phi) is 3.66. The van der Waals surface area contributed by atoms with Crippen molar-refractivity contribution in [1.82, 2.24) is 0 Å². The summed E-state index contributed by atoms with van der Waals surface area (Å²) >= 11 is 0. The summed E-state index contributed by atoms with van der Waals surface area (Å²) < 4.78 is 28.4. The summed E-state index contributed by atoms with van der Waals surface area (Å²) in [7, 11) is -3.12. The zero-order valence-electron chi connectivity index (χ0n) is 10.6. The van der Waals surface area contributed by atoms with Crippen molar-refractivity contribution in [2.45, 2.75) is 6.92 Å². The molecule has 0 aromatic heterocycles. The molecule has 2 rings (SSSR count). The van der Waals surface area contributed by atoms with Crippen LogP contribution in [0.5, 0.6) is 5.75 Å². The molecule has 0 saturated heterocycles. The maximum atomic E-state index is 11.8. The van der Waals surface area contributed by atoms with Crippen LogP contribution in [-0.4, -0.2) is 39.0 Å². The lowest BCUT2D eigenvalue weighted by molar-refractivity contribution is -0.121. The van der Waals surface area contributed by atoms with Crippen molar-refractivity contribution in [2.24, 2.45) is 0 Å². The molecule has 1 aromatic rings. The first-order valence-electron chi connectivity index (χ1n) is 5.96. The van der Waals surface area contributed by atoms with E-state index in [-0.39, 0.29) is 30.6 Å². The Balaban J connectivity index is 2.25. The van der Waals surface area contributed by atoms with Crippen molar-refractivity contribution >= 4 is 27.1 Å². The molecular formula is C12H16N2O4S. The van der Waals surface area contributed by atoms with Crippen LogP contribution in [0.25, 0.3) is 0 Å². The van der Waals surface area contributed by atoms with E-state index in [1.807, 2.05) is 0 Å². The minimum atomic E-state index is -3.12. The van der Waals surface area contributed by atoms with Crippen LogP contribution < -0.4 is 15.4 Å². The number of carbonyl (C=O) groups excluding carboxylic acids is 1. The van der Waals surface area contributed by atoms with E-state index in [0.717, 1.165) is 0 Å². The molecule has 104 valence electrons. The van der Waals surface area contributed by atoms with E-state index in [9.17, 15) is 13.2 Å². The molecule has 0 atom stereocenters. The molecular weight excluding hydrogens is 268 g/mol. The van der Waals surface area contributed by atoms with Gasteiger partial charge in [0.2, 0.25) is 0 Å². The van der Waals surface area contributed by atoms with Crippen molar-refractivity contribution < 1.29 is 17.9 Å². The van der Waals surface area contributed by atoms with E-state index in [1.54, 1.807) is 25.1 Å². The Morgan fingerprint density at radius 2 is 2.16 bits per heavy atom. The number of ether oxygens (including phenoxy) is 1. The highest BCUT2D eigenvalue weighted by Gasteiger charge is 2.26. The normalized spacial score (nSPS) is 15.0. The zero-order valence-corrected chi connectivity index (χ0v) is 11.4. The number of benzene rings is 1. The molecule has 0 spiro atoms. The summed E-state index contributed by atoms with van der Waals surface area (Å²) in [5.41, 5.74) is 6.72. The monoisotopic (exact) mass is 284 g/mol. The summed E-state index contributed by atoms with van der Waals surface area (Å²) in [5, 5.41) is 0. The number of nitrogens with two attached hydrogens (primary N) is 1. The van der Waals surface area contributed by atoms with Gasteiger partial charge in [-0.2, -0.15) is 0 Å². The van der Waals surface area contributed by atoms with E-state index in [2.05, 4.69) is 0 Å². The average Bonchev–Trinajstić information content (AvgIpc) is 2.37. The van der Waals surface area contributed by atoms with Gasteiger partial charge in [-0.05, 0) is 18.2 Å². The van der Waals surface area contributed by atoms with Crippen molar-refractivity contribution in [1.29, 1.82) is 0 Å². The molecule has 19 heavy (non-hydrogen) atoms. The quantitative estimate of drug-likeness (QED) is 0.810. The third-order valence-electron chi connectivity index (χ3n) is 2.99. The van der Waals surface area contributed by atoms with Gasteiger partial charge in [0.1, 0.15) is 5.75 Å². The minimum Gasteiger partial charge on any atom is -0.482 e. The van der Waals surface area contributed by atoms with Gasteiger partial charge in [0, 0.05) is 18.0 Å². The van der Waals surface area contributed by atoms with E-state index in [4.69, 9.17) is 10.5 Å². The highest BCUT2D eigenvalue weighted by atomic mass is 32.2. The highest BCUT2D eigenvalue weighted by Crippen LogP contribution is 2.33. The first kappa shape index (κ1) is 13.7. The topological polar surface area (TPSA) is 89.7 Å². The van der Waals surface area contributed by atoms with Crippen LogP contribution in [0, 0.1) is 0 Å². The molecule has 1 aliphatic rings. The van der Waals surface area contributed by atoms with Crippen LogP contribution >= 0.6 is 0 Å². The molecule has 1 heterocycles. The van der Waals surface area contributed by atoms with Gasteiger partial charge in [0.25, 0.3) is 5.91 Å². The van der Waals surface area contributed by atoms with E-state index in [0.29, 0.717) is 17.1 Å². The zero-order chi connectivity index (χ0) is 14.0. The van der Waals surface area contributed by atoms with Gasteiger partial charge in [0.15, 0.2) is 16.4 Å². The summed E-state index contributed by atoms with van der Waals surface area (Å²) in [6, 6.07) is 4.97. The number of anilines is 2. The van der Waals surface area contributed by atoms with E-state index >= 15 is 0 Å². The van der Waals surface area contributed by atoms with Crippen LogP contribution in [0.2, 0.25) is 0 Å². The largest absolute Gasteiger partial charge is 0.482 e. The Morgan fingerprint density at radius 3 is 2.84 bits per heavy atom. The smallest absolute Gasteiger partial charge is 0.265 e. The highest BCUT2D eigenvalue weighted by molar-refractivity contribution is 7.91. The van der Waals surface area contributed by atoms with Gasteiger partial charge in [-0.1, -0.05) is 6.92 Å². The fourth-order valence-corrected chi connectivity index (χ4v) is 2.59. The first-order chi connectivity index (χ1) is 8.93. The summed E-state index contributed by atoms with van der Waals surface area (Å²) in [6.07, 6.45) is 0. The SMILES string of the molecule is CCS(=O)(=O)CCN1C(=O)COc2ccc(N)cc21. The van der Waals surface area contributed by atoms with Crippen LogP contribution in [0.3, 0.4) is 0 Å². The molecule has 2 N–H and O–H groups in total. The van der Waals surface area contributed by atoms with Crippen LogP contribution in [-0.2, 0) is 14.6 Å². The molecule has 0 saturated carbocycles. The molecule has 1 aromatic carbocycles. The third-order valence-corrected chi connectivity index (χ3v) is 4.68. The lowest BCUT2D eigenvalue weighted by Gasteiger charge is -2.29. The van der Waals surface area contributed by atoms with Crippen molar-refractivity contribution in [3.05, 3.63) is 18.2 Å². The summed E-state index contributed by atoms with van der Waals surface area (Å²) in [4.78, 5) is 13.3. The number of sulfone groups is 1. The molecule has 6 nitrogen and oxygen atoms in total. The number of carbonyl (C=O) groups is 1. The molecule has 0 unspecified atom stereocenters. The number of nitrogens with zero attached hydrogens (tertiary/aromatic N) is 1. The molecule has 1 amide bonds. The lowest BCUT2D eigenvalue weighted by Crippen LogP contribution is -2.41. The van der Waals surface area contributed by atoms with Gasteiger partial charge in [0.05, 0.1) is 11.4 Å². The lowest BCUT2D eigenvalue weighted by atomic mass is 10.2. The second-order valence-electron chi connectivity index (χ2n) is 4.30. The maximum Gasteiger partial charge on any atom is 0.265 e. The Hall–Kier alpha value is -1.76. The fraction of sp³-hybridized carbons (Fsp3) is 0.417. The maximum absolute atomic E-state index is 11.8. The van der Waals surface area contributed by atoms with E-state index < -0.39 is 9.84 Å². The molecule has 0 aliphatic carbocycles. The number of hydrogen-bond acceptors (Lipinski definition) is 5. The second-order valence-corrected chi connectivity index (χ2v) is 6.77. The number of fused-ring (bicyclic) bond motifs is 1. The third kappa shape index (κ3) is 2.98. The molecule has 0 fully saturated rings. The number of amides is 1. The number of nitrogen functional groups attached to an aromatic ring is 1. The summed E-state index contributed by atoms with van der Waals surface area (Å²) in [5.74, 6) is 0.283. The predicted molar refractivity (Wildman–Crippen MR) is 73.0 cm³/mol. The molecule has 0 bridgehead atoms. The second kappa shape index (κ2) is 5.08. The van der Waals surface area contributed by atoms with Gasteiger partial charge >= 0.3 is 0 Å². The first-order valence-corrected chi connectivity index (χ1v) is 7.78. The van der Waals surface area contributed by atoms with Gasteiger partial charge < -0.3 is 15.4 Å². The molecule has 0 radical (unpaired) electrons.